The summed E-state index contributed by atoms with van der Waals surface area (Å²) in [6, 6.07) is 0.597. The van der Waals surface area contributed by atoms with E-state index in [1.54, 1.807) is 0 Å². The van der Waals surface area contributed by atoms with Crippen LogP contribution >= 0.6 is 0 Å². The molecule has 0 heterocycles. The van der Waals surface area contributed by atoms with Crippen molar-refractivity contribution < 1.29 is 32.3 Å². The van der Waals surface area contributed by atoms with Crippen LogP contribution in [0.1, 0.15) is 25.3 Å². The fraction of sp³-hybridized carbons (Fsp3) is 0.250. The lowest BCUT2D eigenvalue weighted by Gasteiger charge is -2.13. The monoisotopic (exact) mass is 274 g/mol. The molecule has 0 radical (unpaired) electrons. The summed E-state index contributed by atoms with van der Waals surface area (Å²) in [5, 5.41) is 0. The average molecular weight is 274 g/mol. The zero-order chi connectivity index (χ0) is 14.7. The van der Waals surface area contributed by atoms with Gasteiger partial charge in [-0.25, -0.2) is 13.2 Å². The third-order valence-corrected chi connectivity index (χ3v) is 2.24. The highest BCUT2D eigenvalue weighted by Gasteiger charge is 2.31. The van der Waals surface area contributed by atoms with E-state index in [2.05, 4.69) is 4.74 Å². The molecule has 0 aliphatic rings. The fourth-order valence-corrected chi connectivity index (χ4v) is 1.47. The molecule has 1 rings (SSSR count). The first-order chi connectivity index (χ1) is 8.73. The second-order valence-electron chi connectivity index (χ2n) is 3.74. The molecule has 1 aromatic carbocycles. The molecule has 0 aromatic heterocycles. The van der Waals surface area contributed by atoms with Gasteiger partial charge in [0.25, 0.3) is 0 Å². The lowest BCUT2D eigenvalue weighted by molar-refractivity contribution is -0.159. The van der Waals surface area contributed by atoms with Gasteiger partial charge in [-0.05, 0) is 13.0 Å². The predicted octanol–water partition coefficient (Wildman–Crippen LogP) is 1.87. The third kappa shape index (κ3) is 3.40. The van der Waals surface area contributed by atoms with Gasteiger partial charge in [0.1, 0.15) is 17.5 Å². The Morgan fingerprint density at radius 1 is 1.00 bits per heavy atom. The molecule has 1 atom stereocenters. The van der Waals surface area contributed by atoms with Crippen molar-refractivity contribution in [2.45, 2.75) is 19.8 Å². The summed E-state index contributed by atoms with van der Waals surface area (Å²) < 4.78 is 43.5. The first-order valence-electron chi connectivity index (χ1n) is 5.11. The van der Waals surface area contributed by atoms with E-state index in [4.69, 9.17) is 0 Å². The van der Waals surface area contributed by atoms with Crippen molar-refractivity contribution in [2.24, 2.45) is 0 Å². The molecular weight excluding hydrogens is 265 g/mol. The number of carbonyl (C=O) groups excluding carboxylic acids is 3. The lowest BCUT2D eigenvalue weighted by atomic mass is 9.95. The maximum Gasteiger partial charge on any atom is 0.328 e. The van der Waals surface area contributed by atoms with Crippen LogP contribution in [0, 0.1) is 17.5 Å². The number of hydrogen-bond acceptors (Lipinski definition) is 4. The van der Waals surface area contributed by atoms with Gasteiger partial charge in [-0.1, -0.05) is 0 Å². The third-order valence-electron chi connectivity index (χ3n) is 2.24. The van der Waals surface area contributed by atoms with Crippen molar-refractivity contribution in [3.8, 4) is 0 Å². The number of benzene rings is 1. The Hall–Kier alpha value is -2.18. The van der Waals surface area contributed by atoms with E-state index in [0.717, 1.165) is 13.8 Å². The van der Waals surface area contributed by atoms with E-state index in [0.29, 0.717) is 6.07 Å². The van der Waals surface area contributed by atoms with Gasteiger partial charge in [-0.15, -0.1) is 0 Å². The molecule has 0 saturated heterocycles. The number of ether oxygens (including phenoxy) is 1. The van der Waals surface area contributed by atoms with Crippen molar-refractivity contribution in [3.63, 3.8) is 0 Å². The van der Waals surface area contributed by atoms with Crippen LogP contribution in [-0.4, -0.2) is 17.7 Å². The van der Waals surface area contributed by atoms with E-state index in [9.17, 15) is 27.6 Å². The van der Waals surface area contributed by atoms with Crippen LogP contribution in [0.3, 0.4) is 0 Å². The minimum atomic E-state index is -1.82. The first-order valence-corrected chi connectivity index (χ1v) is 5.11. The van der Waals surface area contributed by atoms with Crippen molar-refractivity contribution in [1.82, 2.24) is 0 Å². The van der Waals surface area contributed by atoms with Crippen molar-refractivity contribution in [1.29, 1.82) is 0 Å². The van der Waals surface area contributed by atoms with Crippen molar-refractivity contribution in [2.75, 3.05) is 0 Å². The summed E-state index contributed by atoms with van der Waals surface area (Å²) in [5.74, 6) is -9.18. The molecule has 102 valence electrons. The molecule has 1 aromatic rings. The molecule has 0 amide bonds. The fourth-order valence-electron chi connectivity index (χ4n) is 1.47. The van der Waals surface area contributed by atoms with Crippen LogP contribution in [0.15, 0.2) is 12.1 Å². The summed E-state index contributed by atoms with van der Waals surface area (Å²) in [6.07, 6.45) is 0. The number of hydrogen-bond donors (Lipinski definition) is 0. The van der Waals surface area contributed by atoms with E-state index in [1.807, 2.05) is 0 Å². The second kappa shape index (κ2) is 5.64. The molecular formula is C12H9F3O4. The molecule has 1 unspecified atom stereocenters. The predicted molar refractivity (Wildman–Crippen MR) is 56.5 cm³/mol. The van der Waals surface area contributed by atoms with Gasteiger partial charge in [0, 0.05) is 18.6 Å². The van der Waals surface area contributed by atoms with E-state index >= 15 is 0 Å². The maximum absolute atomic E-state index is 13.5. The highest BCUT2D eigenvalue weighted by Crippen LogP contribution is 2.24. The number of ketones is 1. The number of halogens is 3. The molecule has 0 aliphatic heterocycles. The molecule has 4 nitrogen and oxygen atoms in total. The summed E-state index contributed by atoms with van der Waals surface area (Å²) in [7, 11) is 0. The standard InChI is InChI=1S/C12H9F3O4/c1-5(16)11(12(18)19-6(2)17)7-3-9(14)10(15)4-8(7)13/h3-4,11H,1-2H3. The van der Waals surface area contributed by atoms with E-state index < -0.39 is 46.7 Å². The second-order valence-corrected chi connectivity index (χ2v) is 3.74. The molecule has 0 N–H and O–H groups in total. The van der Waals surface area contributed by atoms with Gasteiger partial charge in [-0.3, -0.25) is 14.4 Å². The zero-order valence-electron chi connectivity index (χ0n) is 10.00. The number of esters is 2. The summed E-state index contributed by atoms with van der Waals surface area (Å²) in [4.78, 5) is 33.5. The summed E-state index contributed by atoms with van der Waals surface area (Å²) in [6.45, 7) is 1.85. The topological polar surface area (TPSA) is 60.4 Å². The van der Waals surface area contributed by atoms with Crippen molar-refractivity contribution in [3.05, 3.63) is 35.1 Å². The minimum Gasteiger partial charge on any atom is -0.393 e. The lowest BCUT2D eigenvalue weighted by Crippen LogP contribution is -2.25. The molecule has 19 heavy (non-hydrogen) atoms. The molecule has 0 spiro atoms. The van der Waals surface area contributed by atoms with Gasteiger partial charge in [0.2, 0.25) is 0 Å². The highest BCUT2D eigenvalue weighted by atomic mass is 19.2. The van der Waals surface area contributed by atoms with Gasteiger partial charge < -0.3 is 4.74 Å². The minimum absolute atomic E-state index is 0.210. The number of carbonyl (C=O) groups is 3. The average Bonchev–Trinajstić information content (AvgIpc) is 2.24. The Kier molecular flexibility index (Phi) is 4.42. The number of Topliss-reactive ketones (excluding diaryl/α,β-unsaturated/α-hetero) is 1. The van der Waals surface area contributed by atoms with Gasteiger partial charge in [0.15, 0.2) is 11.6 Å². The Bertz CT molecular complexity index is 554. The molecule has 0 aliphatic carbocycles. The summed E-state index contributed by atoms with van der Waals surface area (Å²) in [5.41, 5.74) is -0.683. The maximum atomic E-state index is 13.5. The smallest absolute Gasteiger partial charge is 0.328 e. The zero-order valence-corrected chi connectivity index (χ0v) is 10.00. The van der Waals surface area contributed by atoms with Crippen LogP contribution in [0.25, 0.3) is 0 Å². The SMILES string of the molecule is CC(=O)OC(=O)C(C(C)=O)c1cc(F)c(F)cc1F. The van der Waals surface area contributed by atoms with Crippen LogP contribution < -0.4 is 0 Å². The Balaban J connectivity index is 3.27. The largest absolute Gasteiger partial charge is 0.393 e. The van der Waals surface area contributed by atoms with Crippen LogP contribution in [0.5, 0.6) is 0 Å². The Morgan fingerprint density at radius 2 is 1.53 bits per heavy atom. The van der Waals surface area contributed by atoms with Crippen molar-refractivity contribution >= 4 is 17.7 Å². The van der Waals surface area contributed by atoms with E-state index in [-0.39, 0.29) is 6.07 Å². The summed E-state index contributed by atoms with van der Waals surface area (Å²) >= 11 is 0. The van der Waals surface area contributed by atoms with Crippen LogP contribution in [0.4, 0.5) is 13.2 Å². The molecule has 7 heteroatoms. The normalized spacial score (nSPS) is 11.8. The molecule has 0 bridgehead atoms. The molecule has 0 saturated carbocycles. The quantitative estimate of drug-likeness (QED) is 0.479. The number of rotatable bonds is 3. The first kappa shape index (κ1) is 14.9. The van der Waals surface area contributed by atoms with Crippen LogP contribution in [-0.2, 0) is 19.1 Å². The molecule has 0 fully saturated rings. The van der Waals surface area contributed by atoms with Gasteiger partial charge in [0.05, 0.1) is 0 Å². The van der Waals surface area contributed by atoms with Gasteiger partial charge >= 0.3 is 11.9 Å². The van der Waals surface area contributed by atoms with Gasteiger partial charge in [-0.2, -0.15) is 0 Å². The highest BCUT2D eigenvalue weighted by molar-refractivity contribution is 6.05. The Morgan fingerprint density at radius 3 is 2.00 bits per heavy atom. The van der Waals surface area contributed by atoms with E-state index in [1.165, 1.54) is 0 Å². The Labute approximate surface area is 106 Å². The van der Waals surface area contributed by atoms with Crippen LogP contribution in [0.2, 0.25) is 0 Å².